The first kappa shape index (κ1) is 26.9. The van der Waals surface area contributed by atoms with Gasteiger partial charge in [0, 0.05) is 31.3 Å². The summed E-state index contributed by atoms with van der Waals surface area (Å²) in [5.74, 6) is -1.94. The summed E-state index contributed by atoms with van der Waals surface area (Å²) in [6.45, 7) is 1.61. The molecule has 0 fully saturated rings. The van der Waals surface area contributed by atoms with Gasteiger partial charge in [-0.15, -0.1) is 0 Å². The Morgan fingerprint density at radius 1 is 1.03 bits per heavy atom. The lowest BCUT2D eigenvalue weighted by Crippen LogP contribution is -2.36. The normalized spacial score (nSPS) is 14.1. The van der Waals surface area contributed by atoms with E-state index in [-0.39, 0.29) is 34.0 Å². The number of carbonyl (C=O) groups excluding carboxylic acids is 1. The summed E-state index contributed by atoms with van der Waals surface area (Å²) in [6.07, 6.45) is 1.23. The van der Waals surface area contributed by atoms with Gasteiger partial charge in [-0.1, -0.05) is 24.3 Å². The fourth-order valence-electron chi connectivity index (χ4n) is 4.76. The van der Waals surface area contributed by atoms with E-state index in [0.717, 1.165) is 23.3 Å². The summed E-state index contributed by atoms with van der Waals surface area (Å²) in [5, 5.41) is 0. The van der Waals surface area contributed by atoms with Crippen LogP contribution >= 0.6 is 0 Å². The number of halogens is 2. The highest BCUT2D eigenvalue weighted by molar-refractivity contribution is 7.89. The summed E-state index contributed by atoms with van der Waals surface area (Å²) in [6, 6.07) is 15.4. The minimum absolute atomic E-state index is 0.0682. The van der Waals surface area contributed by atoms with Crippen LogP contribution in [0.5, 0.6) is 0 Å². The molecule has 1 aromatic heterocycles. The van der Waals surface area contributed by atoms with Gasteiger partial charge >= 0.3 is 0 Å². The topological polar surface area (TPSA) is 89.6 Å². The quantitative estimate of drug-likeness (QED) is 0.354. The third kappa shape index (κ3) is 5.56. The number of anilines is 1. The number of H-pyrrole nitrogens is 1. The van der Waals surface area contributed by atoms with E-state index in [1.807, 2.05) is 43.3 Å². The lowest BCUT2D eigenvalue weighted by Gasteiger charge is -2.28. The molecule has 1 N–H and O–H groups in total. The molecule has 1 aliphatic heterocycles. The summed E-state index contributed by atoms with van der Waals surface area (Å²) < 4.78 is 56.2. The van der Waals surface area contributed by atoms with E-state index in [2.05, 4.69) is 9.97 Å². The van der Waals surface area contributed by atoms with Crippen LogP contribution in [0.2, 0.25) is 0 Å². The predicted molar refractivity (Wildman–Crippen MR) is 145 cm³/mol. The maximum absolute atomic E-state index is 14.3. The highest BCUT2D eigenvalue weighted by Crippen LogP contribution is 2.26. The number of nitrogens with one attached hydrogen (secondary N) is 1. The van der Waals surface area contributed by atoms with E-state index < -0.39 is 27.6 Å². The van der Waals surface area contributed by atoms with E-state index in [4.69, 9.17) is 0 Å². The first-order valence-electron chi connectivity index (χ1n) is 12.6. The number of hydrogen-bond donors (Lipinski definition) is 1. The highest BCUT2D eigenvalue weighted by atomic mass is 32.2. The number of hydrogen-bond acceptors (Lipinski definition) is 5. The van der Waals surface area contributed by atoms with E-state index in [1.54, 1.807) is 0 Å². The third-order valence-electron chi connectivity index (χ3n) is 6.81. The van der Waals surface area contributed by atoms with Crippen molar-refractivity contribution in [3.63, 3.8) is 0 Å². The number of imidazole rings is 1. The maximum atomic E-state index is 14.3. The van der Waals surface area contributed by atoms with Crippen LogP contribution in [0.4, 0.5) is 14.7 Å². The lowest BCUT2D eigenvalue weighted by molar-refractivity contribution is 0.0984. The molecule has 0 saturated heterocycles. The molecule has 4 aromatic rings. The monoisotopic (exact) mass is 553 g/mol. The van der Waals surface area contributed by atoms with Gasteiger partial charge < -0.3 is 9.88 Å². The van der Waals surface area contributed by atoms with Crippen LogP contribution in [0.25, 0.3) is 11.0 Å². The van der Waals surface area contributed by atoms with Gasteiger partial charge in [-0.3, -0.25) is 9.69 Å². The zero-order valence-electron chi connectivity index (χ0n) is 21.7. The van der Waals surface area contributed by atoms with Crippen LogP contribution in [0.1, 0.15) is 27.9 Å². The van der Waals surface area contributed by atoms with Crippen molar-refractivity contribution >= 4 is 32.9 Å². The SMILES string of the molecule is CN(C)CCCN(C(=O)c1ccc(S(=O)(=O)N2CCc3ccccc3C2)cc1)c1nc2c(F)cc(F)cc2[nH]1. The van der Waals surface area contributed by atoms with E-state index in [9.17, 15) is 22.0 Å². The van der Waals surface area contributed by atoms with Gasteiger partial charge in [0.05, 0.1) is 10.4 Å². The van der Waals surface area contributed by atoms with Gasteiger partial charge in [0.15, 0.2) is 5.82 Å². The summed E-state index contributed by atoms with van der Waals surface area (Å²) in [7, 11) is 0.0544. The first-order chi connectivity index (χ1) is 18.6. The minimum atomic E-state index is -3.76. The van der Waals surface area contributed by atoms with E-state index in [0.29, 0.717) is 32.5 Å². The van der Waals surface area contributed by atoms with Crippen molar-refractivity contribution in [3.8, 4) is 0 Å². The number of carbonyl (C=O) groups is 1. The predicted octanol–water partition coefficient (Wildman–Crippen LogP) is 4.19. The molecule has 2 heterocycles. The number of sulfonamides is 1. The average Bonchev–Trinajstić information content (AvgIpc) is 3.34. The van der Waals surface area contributed by atoms with Crippen molar-refractivity contribution in [2.45, 2.75) is 24.3 Å². The van der Waals surface area contributed by atoms with Crippen LogP contribution in [-0.4, -0.2) is 67.2 Å². The second-order valence-electron chi connectivity index (χ2n) is 9.84. The standard InChI is InChI=1S/C28H29F2N5O3S/c1-33(2)13-5-14-35(28-31-25-17-22(29)16-24(30)26(25)32-28)27(36)20-8-10-23(11-9-20)39(37,38)34-15-12-19-6-3-4-7-21(19)18-34/h3-4,6-11,16-17H,5,12-15,18H2,1-2H3,(H,31,32). The average molecular weight is 554 g/mol. The molecule has 11 heteroatoms. The van der Waals surface area contributed by atoms with Crippen molar-refractivity contribution in [2.75, 3.05) is 38.6 Å². The first-order valence-corrected chi connectivity index (χ1v) is 14.1. The molecular weight excluding hydrogens is 524 g/mol. The van der Waals surface area contributed by atoms with Crippen molar-refractivity contribution < 1.29 is 22.0 Å². The lowest BCUT2D eigenvalue weighted by atomic mass is 10.0. The largest absolute Gasteiger partial charge is 0.323 e. The van der Waals surface area contributed by atoms with Gasteiger partial charge in [-0.25, -0.2) is 22.2 Å². The maximum Gasteiger partial charge on any atom is 0.260 e. The smallest absolute Gasteiger partial charge is 0.260 e. The molecule has 0 aliphatic carbocycles. The Hall–Kier alpha value is -3.67. The fraction of sp³-hybridized carbons (Fsp3) is 0.286. The third-order valence-corrected chi connectivity index (χ3v) is 8.67. The Bertz CT molecular complexity index is 1620. The van der Waals surface area contributed by atoms with Crippen molar-refractivity contribution in [3.05, 3.63) is 89.0 Å². The Balaban J connectivity index is 1.40. The van der Waals surface area contributed by atoms with Crippen LogP contribution in [-0.2, 0) is 23.0 Å². The van der Waals surface area contributed by atoms with Crippen molar-refractivity contribution in [2.24, 2.45) is 0 Å². The zero-order valence-corrected chi connectivity index (χ0v) is 22.5. The van der Waals surface area contributed by atoms with Crippen LogP contribution in [0, 0.1) is 11.6 Å². The molecule has 0 bridgehead atoms. The molecule has 5 rings (SSSR count). The molecule has 8 nitrogen and oxygen atoms in total. The van der Waals surface area contributed by atoms with E-state index >= 15 is 0 Å². The van der Waals surface area contributed by atoms with Gasteiger partial charge in [0.2, 0.25) is 16.0 Å². The number of rotatable bonds is 8. The summed E-state index contributed by atoms with van der Waals surface area (Å²) >= 11 is 0. The molecule has 0 atom stereocenters. The number of aromatic nitrogens is 2. The zero-order chi connectivity index (χ0) is 27.7. The second-order valence-corrected chi connectivity index (χ2v) is 11.8. The molecule has 204 valence electrons. The molecule has 39 heavy (non-hydrogen) atoms. The highest BCUT2D eigenvalue weighted by Gasteiger charge is 2.29. The molecule has 3 aromatic carbocycles. The van der Waals surface area contributed by atoms with Crippen LogP contribution in [0.15, 0.2) is 65.6 Å². The summed E-state index contributed by atoms with van der Waals surface area (Å²) in [4.78, 5) is 24.1. The molecule has 0 spiro atoms. The Kier molecular flexibility index (Phi) is 7.48. The Morgan fingerprint density at radius 3 is 2.46 bits per heavy atom. The molecule has 0 radical (unpaired) electrons. The molecule has 0 saturated carbocycles. The minimum Gasteiger partial charge on any atom is -0.323 e. The number of aromatic amines is 1. The van der Waals surface area contributed by atoms with Gasteiger partial charge in [-0.2, -0.15) is 4.31 Å². The number of benzene rings is 3. The number of amides is 1. The van der Waals surface area contributed by atoms with Crippen molar-refractivity contribution in [1.82, 2.24) is 19.2 Å². The number of fused-ring (bicyclic) bond motifs is 2. The van der Waals surface area contributed by atoms with Crippen molar-refractivity contribution in [1.29, 1.82) is 0 Å². The van der Waals surface area contributed by atoms with Gasteiger partial charge in [0.1, 0.15) is 11.3 Å². The molecular formula is C28H29F2N5O3S. The second kappa shape index (κ2) is 10.8. The van der Waals surface area contributed by atoms with Crippen LogP contribution in [0.3, 0.4) is 0 Å². The summed E-state index contributed by atoms with van der Waals surface area (Å²) in [5.41, 5.74) is 2.44. The molecule has 1 aliphatic rings. The van der Waals surface area contributed by atoms with Crippen LogP contribution < -0.4 is 4.90 Å². The molecule has 1 amide bonds. The fourth-order valence-corrected chi connectivity index (χ4v) is 6.17. The molecule has 0 unspecified atom stereocenters. The van der Waals surface area contributed by atoms with Gasteiger partial charge in [0.25, 0.3) is 5.91 Å². The Labute approximate surface area is 225 Å². The Morgan fingerprint density at radius 2 is 1.74 bits per heavy atom. The van der Waals surface area contributed by atoms with E-state index in [1.165, 1.54) is 33.5 Å². The number of nitrogens with zero attached hydrogens (tertiary/aromatic N) is 4. The van der Waals surface area contributed by atoms with Gasteiger partial charge in [-0.05, 0) is 74.9 Å².